The van der Waals surface area contributed by atoms with Gasteiger partial charge in [0, 0.05) is 37.2 Å². The predicted octanol–water partition coefficient (Wildman–Crippen LogP) is -2.12. The normalized spacial score (nSPS) is 15.8. The molecule has 0 aliphatic carbocycles. The summed E-state index contributed by atoms with van der Waals surface area (Å²) in [6.45, 7) is 1.32. The van der Waals surface area contributed by atoms with Crippen LogP contribution in [-0.2, 0) is 32.4 Å². The van der Waals surface area contributed by atoms with Crippen molar-refractivity contribution >= 4 is 38.9 Å². The van der Waals surface area contributed by atoms with Crippen LogP contribution < -0.4 is 16.4 Å². The van der Waals surface area contributed by atoms with E-state index in [9.17, 15) is 22.8 Å². The molecule has 0 saturated heterocycles. The molecule has 1 atom stereocenters. The van der Waals surface area contributed by atoms with E-state index in [2.05, 4.69) is 20.5 Å². The van der Waals surface area contributed by atoms with Gasteiger partial charge < -0.3 is 21.3 Å². The summed E-state index contributed by atoms with van der Waals surface area (Å²) in [5, 5.41) is 4.99. The van der Waals surface area contributed by atoms with Gasteiger partial charge in [0.1, 0.15) is 9.84 Å². The third-order valence-corrected chi connectivity index (χ3v) is 5.78. The fourth-order valence-corrected chi connectivity index (χ4v) is 4.51. The van der Waals surface area contributed by atoms with Crippen molar-refractivity contribution in [3.05, 3.63) is 15.6 Å². The molecule has 1 aliphatic rings. The highest BCUT2D eigenvalue weighted by Gasteiger charge is 2.25. The first-order valence-electron chi connectivity index (χ1n) is 7.78. The molecular formula is C14H21N5O5S2. The van der Waals surface area contributed by atoms with Crippen molar-refractivity contribution in [1.29, 1.82) is 0 Å². The Bertz CT molecular complexity index is 820. The number of fused-ring (bicyclic) bond motifs is 1. The summed E-state index contributed by atoms with van der Waals surface area (Å²) in [4.78, 5) is 41.9. The van der Waals surface area contributed by atoms with E-state index in [-0.39, 0.29) is 11.6 Å². The van der Waals surface area contributed by atoms with E-state index in [4.69, 9.17) is 5.73 Å². The maximum absolute atomic E-state index is 12.4. The van der Waals surface area contributed by atoms with Crippen molar-refractivity contribution < 1.29 is 22.8 Å². The summed E-state index contributed by atoms with van der Waals surface area (Å²) in [6.07, 6.45) is 1.76. The molecule has 2 rings (SSSR count). The Morgan fingerprint density at radius 1 is 1.38 bits per heavy atom. The first kappa shape index (κ1) is 20.3. The summed E-state index contributed by atoms with van der Waals surface area (Å²) in [6, 6.07) is -0.913. The van der Waals surface area contributed by atoms with Gasteiger partial charge in [-0.3, -0.25) is 14.4 Å². The topological polar surface area (TPSA) is 152 Å². The minimum atomic E-state index is -3.43. The van der Waals surface area contributed by atoms with E-state index < -0.39 is 39.4 Å². The van der Waals surface area contributed by atoms with Gasteiger partial charge in [-0.2, -0.15) is 0 Å². The molecule has 0 fully saturated rings. The summed E-state index contributed by atoms with van der Waals surface area (Å²) >= 11 is 1.26. The van der Waals surface area contributed by atoms with Gasteiger partial charge in [-0.25, -0.2) is 13.4 Å². The molecule has 4 N–H and O–H groups in total. The molecule has 3 amide bonds. The number of hydrogen-bond donors (Lipinski definition) is 3. The van der Waals surface area contributed by atoms with E-state index >= 15 is 0 Å². The van der Waals surface area contributed by atoms with Crippen molar-refractivity contribution in [2.45, 2.75) is 19.0 Å². The smallest absolute Gasteiger partial charge is 0.309 e. The number of primary amides is 1. The number of aromatic nitrogens is 1. The molecular weight excluding hydrogens is 382 g/mol. The van der Waals surface area contributed by atoms with Crippen LogP contribution in [0.5, 0.6) is 0 Å². The van der Waals surface area contributed by atoms with Gasteiger partial charge >= 0.3 is 11.8 Å². The summed E-state index contributed by atoms with van der Waals surface area (Å²) in [7, 11) is -1.46. The minimum absolute atomic E-state index is 0.241. The number of nitrogens with zero attached hydrogens (tertiary/aromatic N) is 2. The number of likely N-dealkylation sites (N-methyl/N-ethyl adjacent to an activating group) is 1. The standard InChI is InChI=1S/C14H21N5O5S2/c1-19-4-3-9-10(6-19)25-14(18-9)13(22)17-8(7-26(2,23)24)5-16-12(21)11(15)20/h8H,3-7H2,1-2H3,(H2,15,20)(H,16,21)(H,17,22)/t8-/m0/s1. The Labute approximate surface area is 155 Å². The van der Waals surface area contributed by atoms with Crippen LogP contribution in [0, 0.1) is 0 Å². The van der Waals surface area contributed by atoms with Gasteiger partial charge in [-0.05, 0) is 7.05 Å². The molecule has 0 unspecified atom stereocenters. The Kier molecular flexibility index (Phi) is 6.31. The number of nitrogens with one attached hydrogen (secondary N) is 2. The molecule has 0 aromatic carbocycles. The van der Waals surface area contributed by atoms with Gasteiger partial charge in [0.05, 0.1) is 17.5 Å². The molecule has 0 spiro atoms. The fraction of sp³-hybridized carbons (Fsp3) is 0.571. The number of nitrogens with two attached hydrogens (primary N) is 1. The second-order valence-corrected chi connectivity index (χ2v) is 9.48. The van der Waals surface area contributed by atoms with Crippen LogP contribution in [0.2, 0.25) is 0 Å². The third-order valence-electron chi connectivity index (χ3n) is 3.69. The van der Waals surface area contributed by atoms with Crippen molar-refractivity contribution in [2.75, 3.05) is 32.1 Å². The van der Waals surface area contributed by atoms with Crippen LogP contribution >= 0.6 is 11.3 Å². The van der Waals surface area contributed by atoms with Crippen LogP contribution in [0.25, 0.3) is 0 Å². The van der Waals surface area contributed by atoms with Gasteiger partial charge in [-0.1, -0.05) is 0 Å². The van der Waals surface area contributed by atoms with Crippen molar-refractivity contribution in [1.82, 2.24) is 20.5 Å². The van der Waals surface area contributed by atoms with Crippen LogP contribution in [0.1, 0.15) is 20.4 Å². The number of amides is 3. The molecule has 0 radical (unpaired) electrons. The monoisotopic (exact) mass is 403 g/mol. The zero-order chi connectivity index (χ0) is 19.5. The maximum Gasteiger partial charge on any atom is 0.309 e. The first-order valence-corrected chi connectivity index (χ1v) is 10.7. The number of carbonyl (C=O) groups is 3. The van der Waals surface area contributed by atoms with Crippen LogP contribution in [0.4, 0.5) is 0 Å². The lowest BCUT2D eigenvalue weighted by atomic mass is 10.2. The lowest BCUT2D eigenvalue weighted by Gasteiger charge is -2.20. The average molecular weight is 403 g/mol. The van der Waals surface area contributed by atoms with Crippen LogP contribution in [-0.4, -0.2) is 74.2 Å². The van der Waals surface area contributed by atoms with Crippen LogP contribution in [0.15, 0.2) is 0 Å². The summed E-state index contributed by atoms with van der Waals surface area (Å²) in [5.41, 5.74) is 5.71. The highest BCUT2D eigenvalue weighted by atomic mass is 32.2. The summed E-state index contributed by atoms with van der Waals surface area (Å²) < 4.78 is 23.1. The highest BCUT2D eigenvalue weighted by molar-refractivity contribution is 7.90. The number of thiazole rings is 1. The molecule has 0 saturated carbocycles. The second-order valence-electron chi connectivity index (χ2n) is 6.21. The fourth-order valence-electron chi connectivity index (χ4n) is 2.49. The Hall–Kier alpha value is -2.05. The van der Waals surface area contributed by atoms with E-state index in [1.807, 2.05) is 7.05 Å². The lowest BCUT2D eigenvalue weighted by Crippen LogP contribution is -2.49. The predicted molar refractivity (Wildman–Crippen MR) is 95.3 cm³/mol. The van der Waals surface area contributed by atoms with Gasteiger partial charge in [-0.15, -0.1) is 11.3 Å². The second kappa shape index (κ2) is 8.10. The van der Waals surface area contributed by atoms with Crippen molar-refractivity contribution in [3.63, 3.8) is 0 Å². The molecule has 1 aliphatic heterocycles. The highest BCUT2D eigenvalue weighted by Crippen LogP contribution is 2.24. The number of rotatable bonds is 6. The third kappa shape index (κ3) is 5.75. The number of sulfone groups is 1. The minimum Gasteiger partial charge on any atom is -0.361 e. The lowest BCUT2D eigenvalue weighted by molar-refractivity contribution is -0.137. The van der Waals surface area contributed by atoms with Gasteiger partial charge in [0.15, 0.2) is 5.01 Å². The molecule has 1 aromatic rings. The Morgan fingerprint density at radius 2 is 2.08 bits per heavy atom. The van der Waals surface area contributed by atoms with Gasteiger partial charge in [0.25, 0.3) is 5.91 Å². The quantitative estimate of drug-likeness (QED) is 0.459. The Balaban J connectivity index is 2.07. The van der Waals surface area contributed by atoms with Crippen molar-refractivity contribution in [2.24, 2.45) is 5.73 Å². The Morgan fingerprint density at radius 3 is 2.69 bits per heavy atom. The molecule has 2 heterocycles. The molecule has 0 bridgehead atoms. The molecule has 10 nitrogen and oxygen atoms in total. The maximum atomic E-state index is 12.4. The van der Waals surface area contributed by atoms with E-state index in [0.717, 1.165) is 29.8 Å². The van der Waals surface area contributed by atoms with E-state index in [1.54, 1.807) is 0 Å². The molecule has 26 heavy (non-hydrogen) atoms. The molecule has 12 heteroatoms. The van der Waals surface area contributed by atoms with Gasteiger partial charge in [0.2, 0.25) is 0 Å². The first-order chi connectivity index (χ1) is 12.0. The van der Waals surface area contributed by atoms with Crippen LogP contribution in [0.3, 0.4) is 0 Å². The zero-order valence-corrected chi connectivity index (χ0v) is 16.1. The zero-order valence-electron chi connectivity index (χ0n) is 14.4. The number of carbonyl (C=O) groups excluding carboxylic acids is 3. The van der Waals surface area contributed by atoms with E-state index in [0.29, 0.717) is 6.54 Å². The van der Waals surface area contributed by atoms with Crippen molar-refractivity contribution in [3.8, 4) is 0 Å². The average Bonchev–Trinajstić information content (AvgIpc) is 2.93. The SMILES string of the molecule is CN1CCc2nc(C(=O)N[C@@H](CNC(=O)C(N)=O)CS(C)(=O)=O)sc2C1. The molecule has 1 aromatic heterocycles. The summed E-state index contributed by atoms with van der Waals surface area (Å²) in [5.74, 6) is -3.16. The molecule has 144 valence electrons. The number of hydrogen-bond acceptors (Lipinski definition) is 8. The largest absolute Gasteiger partial charge is 0.361 e. The van der Waals surface area contributed by atoms with E-state index in [1.165, 1.54) is 11.3 Å².